The van der Waals surface area contributed by atoms with Crippen LogP contribution in [0.25, 0.3) is 0 Å². The first-order valence-electron chi connectivity index (χ1n) is 5.16. The predicted molar refractivity (Wildman–Crippen MR) is 70.9 cm³/mol. The molecule has 0 atom stereocenters. The van der Waals surface area contributed by atoms with Crippen molar-refractivity contribution >= 4 is 33.2 Å². The molecule has 0 aliphatic heterocycles. The zero-order valence-corrected chi connectivity index (χ0v) is 12.0. The Kier molecular flexibility index (Phi) is 5.94. The highest BCUT2D eigenvalue weighted by Crippen LogP contribution is 2.21. The summed E-state index contributed by atoms with van der Waals surface area (Å²) in [6.45, 7) is 0.346. The second-order valence-electron chi connectivity index (χ2n) is 3.42. The van der Waals surface area contributed by atoms with Crippen LogP contribution in [0.3, 0.4) is 0 Å². The molecule has 0 spiro atoms. The minimum absolute atomic E-state index is 0.183. The summed E-state index contributed by atoms with van der Waals surface area (Å²) in [5, 5.41) is 5.56. The third-order valence-corrected chi connectivity index (χ3v) is 3.61. The van der Waals surface area contributed by atoms with Gasteiger partial charge in [-0.3, -0.25) is 4.99 Å². The number of thiophene rings is 1. The molecule has 0 saturated carbocycles. The Hall–Kier alpha value is -0.760. The Bertz CT molecular complexity index is 403. The summed E-state index contributed by atoms with van der Waals surface area (Å²) in [5.74, 6) is 0.365. The second-order valence-corrected chi connectivity index (χ2v) is 5.97. The lowest BCUT2D eigenvalue weighted by molar-refractivity contribution is -0.132. The van der Waals surface area contributed by atoms with Crippen LogP contribution in [0.4, 0.5) is 13.2 Å². The van der Waals surface area contributed by atoms with Crippen LogP contribution < -0.4 is 10.6 Å². The van der Waals surface area contributed by atoms with Gasteiger partial charge in [0.15, 0.2) is 5.96 Å². The molecule has 1 aromatic rings. The zero-order valence-electron chi connectivity index (χ0n) is 9.64. The van der Waals surface area contributed by atoms with Crippen LogP contribution in [-0.4, -0.2) is 25.7 Å². The zero-order chi connectivity index (χ0) is 13.6. The number of nitrogens with zero attached hydrogens (tertiary/aromatic N) is 1. The monoisotopic (exact) mass is 343 g/mol. The van der Waals surface area contributed by atoms with Crippen LogP contribution >= 0.6 is 27.3 Å². The molecule has 18 heavy (non-hydrogen) atoms. The molecule has 1 heterocycles. The van der Waals surface area contributed by atoms with Crippen molar-refractivity contribution in [2.24, 2.45) is 4.99 Å². The third-order valence-electron chi connectivity index (χ3n) is 1.98. The molecule has 0 bridgehead atoms. The molecule has 8 heteroatoms. The van der Waals surface area contributed by atoms with E-state index in [4.69, 9.17) is 0 Å². The average Bonchev–Trinajstić information content (AvgIpc) is 2.67. The standard InChI is InChI=1S/C10H13BrF3N3S/c1-15-9(16-5-4-10(12,13)14)17-6-7-2-3-8(11)18-7/h2-3H,4-6H2,1H3,(H2,15,16,17). The lowest BCUT2D eigenvalue weighted by Crippen LogP contribution is -2.38. The van der Waals surface area contributed by atoms with Gasteiger partial charge in [-0.2, -0.15) is 13.2 Å². The number of hydrogen-bond acceptors (Lipinski definition) is 2. The van der Waals surface area contributed by atoms with Crippen LogP contribution in [0.15, 0.2) is 20.9 Å². The molecule has 3 nitrogen and oxygen atoms in total. The highest BCUT2D eigenvalue weighted by Gasteiger charge is 2.26. The highest BCUT2D eigenvalue weighted by molar-refractivity contribution is 9.11. The van der Waals surface area contributed by atoms with Gasteiger partial charge in [0, 0.05) is 18.5 Å². The van der Waals surface area contributed by atoms with E-state index in [0.29, 0.717) is 12.5 Å². The van der Waals surface area contributed by atoms with Crippen LogP contribution in [0, 0.1) is 0 Å². The number of nitrogens with one attached hydrogen (secondary N) is 2. The Balaban J connectivity index is 2.30. The van der Waals surface area contributed by atoms with Crippen molar-refractivity contribution in [2.45, 2.75) is 19.1 Å². The van der Waals surface area contributed by atoms with Crippen molar-refractivity contribution in [3.8, 4) is 0 Å². The number of alkyl halides is 3. The molecule has 1 rings (SSSR count). The molecule has 102 valence electrons. The molecule has 0 aliphatic rings. The van der Waals surface area contributed by atoms with Crippen LogP contribution in [0.1, 0.15) is 11.3 Å². The van der Waals surface area contributed by atoms with E-state index in [0.717, 1.165) is 8.66 Å². The third kappa shape index (κ3) is 6.25. The molecule has 0 fully saturated rings. The van der Waals surface area contributed by atoms with Crippen molar-refractivity contribution in [3.05, 3.63) is 20.8 Å². The van der Waals surface area contributed by atoms with Gasteiger partial charge in [-0.25, -0.2) is 0 Å². The van der Waals surface area contributed by atoms with Crippen LogP contribution in [0.5, 0.6) is 0 Å². The minimum Gasteiger partial charge on any atom is -0.356 e. The number of rotatable bonds is 4. The highest BCUT2D eigenvalue weighted by atomic mass is 79.9. The van der Waals surface area contributed by atoms with E-state index in [9.17, 15) is 13.2 Å². The molecular weight excluding hydrogens is 331 g/mol. The molecular formula is C10H13BrF3N3S. The van der Waals surface area contributed by atoms with Gasteiger partial charge in [-0.1, -0.05) is 0 Å². The van der Waals surface area contributed by atoms with Crippen molar-refractivity contribution in [2.75, 3.05) is 13.6 Å². The first-order chi connectivity index (χ1) is 8.40. The van der Waals surface area contributed by atoms with E-state index in [1.807, 2.05) is 12.1 Å². The smallest absolute Gasteiger partial charge is 0.356 e. The van der Waals surface area contributed by atoms with E-state index < -0.39 is 12.6 Å². The molecule has 0 aromatic carbocycles. The predicted octanol–water partition coefficient (Wildman–Crippen LogP) is 3.13. The van der Waals surface area contributed by atoms with Crippen molar-refractivity contribution in [1.82, 2.24) is 10.6 Å². The Morgan fingerprint density at radius 1 is 1.39 bits per heavy atom. The maximum absolute atomic E-state index is 12.0. The average molecular weight is 344 g/mol. The fraction of sp³-hybridized carbons (Fsp3) is 0.500. The van der Waals surface area contributed by atoms with Crippen molar-refractivity contribution in [3.63, 3.8) is 0 Å². The van der Waals surface area contributed by atoms with Gasteiger partial charge in [0.05, 0.1) is 16.8 Å². The van der Waals surface area contributed by atoms with E-state index in [-0.39, 0.29) is 6.54 Å². The Morgan fingerprint density at radius 2 is 2.11 bits per heavy atom. The number of aliphatic imine (C=N–C) groups is 1. The summed E-state index contributed by atoms with van der Waals surface area (Å²) in [6.07, 6.45) is -5.03. The topological polar surface area (TPSA) is 36.4 Å². The summed E-state index contributed by atoms with van der Waals surface area (Å²) < 4.78 is 36.9. The Morgan fingerprint density at radius 3 is 2.61 bits per heavy atom. The molecule has 0 aliphatic carbocycles. The summed E-state index contributed by atoms with van der Waals surface area (Å²) in [6, 6.07) is 3.85. The van der Waals surface area contributed by atoms with E-state index in [1.54, 1.807) is 11.3 Å². The van der Waals surface area contributed by atoms with Gasteiger partial charge in [-0.05, 0) is 28.1 Å². The number of hydrogen-bond donors (Lipinski definition) is 2. The number of halogens is 4. The molecule has 0 unspecified atom stereocenters. The first-order valence-corrected chi connectivity index (χ1v) is 6.77. The summed E-state index contributed by atoms with van der Waals surface area (Å²) in [7, 11) is 1.52. The molecule has 2 N–H and O–H groups in total. The fourth-order valence-corrected chi connectivity index (χ4v) is 2.58. The van der Waals surface area contributed by atoms with Gasteiger partial charge < -0.3 is 10.6 Å². The van der Waals surface area contributed by atoms with Gasteiger partial charge in [0.1, 0.15) is 0 Å². The van der Waals surface area contributed by atoms with Gasteiger partial charge >= 0.3 is 6.18 Å². The van der Waals surface area contributed by atoms with E-state index in [1.165, 1.54) is 7.05 Å². The summed E-state index contributed by atoms with van der Waals surface area (Å²) in [4.78, 5) is 4.92. The molecule has 0 saturated heterocycles. The lowest BCUT2D eigenvalue weighted by Gasteiger charge is -2.12. The van der Waals surface area contributed by atoms with Crippen molar-refractivity contribution in [1.29, 1.82) is 0 Å². The van der Waals surface area contributed by atoms with Gasteiger partial charge in [-0.15, -0.1) is 11.3 Å². The maximum atomic E-state index is 12.0. The Labute approximate surface area is 116 Å². The van der Waals surface area contributed by atoms with Crippen LogP contribution in [0.2, 0.25) is 0 Å². The fourth-order valence-electron chi connectivity index (χ4n) is 1.16. The lowest BCUT2D eigenvalue weighted by atomic mass is 10.4. The molecule has 0 amide bonds. The second kappa shape index (κ2) is 6.98. The SMILES string of the molecule is CN=C(NCCC(F)(F)F)NCc1ccc(Br)s1. The summed E-state index contributed by atoms with van der Waals surface area (Å²) >= 11 is 4.90. The van der Waals surface area contributed by atoms with Gasteiger partial charge in [0.2, 0.25) is 0 Å². The van der Waals surface area contributed by atoms with Crippen molar-refractivity contribution < 1.29 is 13.2 Å². The number of guanidine groups is 1. The quantitative estimate of drug-likeness (QED) is 0.650. The minimum atomic E-state index is -4.15. The maximum Gasteiger partial charge on any atom is 0.390 e. The normalized spacial score (nSPS) is 12.6. The van der Waals surface area contributed by atoms with E-state index >= 15 is 0 Å². The summed E-state index contributed by atoms with van der Waals surface area (Å²) in [5.41, 5.74) is 0. The van der Waals surface area contributed by atoms with E-state index in [2.05, 4.69) is 31.6 Å². The van der Waals surface area contributed by atoms with Gasteiger partial charge in [0.25, 0.3) is 0 Å². The molecule has 0 radical (unpaired) electrons. The van der Waals surface area contributed by atoms with Crippen LogP contribution in [-0.2, 0) is 6.54 Å². The largest absolute Gasteiger partial charge is 0.390 e. The first kappa shape index (κ1) is 15.3. The molecule has 1 aromatic heterocycles.